The van der Waals surface area contributed by atoms with Gasteiger partial charge in [-0.05, 0) is 31.1 Å². The van der Waals surface area contributed by atoms with Gasteiger partial charge in [0.2, 0.25) is 5.95 Å². The Kier molecular flexibility index (Phi) is 4.66. The van der Waals surface area contributed by atoms with Crippen molar-refractivity contribution in [1.82, 2.24) is 9.97 Å². The van der Waals surface area contributed by atoms with Gasteiger partial charge in [0.15, 0.2) is 0 Å². The van der Waals surface area contributed by atoms with E-state index in [0.717, 1.165) is 16.8 Å². The van der Waals surface area contributed by atoms with Crippen LogP contribution in [0.3, 0.4) is 0 Å². The Morgan fingerprint density at radius 3 is 2.71 bits per heavy atom. The number of aromatic nitrogens is 2. The molecular weight excluding hydrogens is 230 g/mol. The number of aryl methyl sites for hydroxylation is 1. The van der Waals surface area contributed by atoms with E-state index in [1.165, 1.54) is 31.4 Å². The first-order valence-corrected chi connectivity index (χ1v) is 7.51. The van der Waals surface area contributed by atoms with Crippen molar-refractivity contribution in [3.63, 3.8) is 0 Å². The lowest BCUT2D eigenvalue weighted by atomic mass is 9.95. The van der Waals surface area contributed by atoms with E-state index >= 15 is 0 Å². The van der Waals surface area contributed by atoms with Crippen molar-refractivity contribution < 1.29 is 0 Å². The van der Waals surface area contributed by atoms with Crippen LogP contribution < -0.4 is 5.32 Å². The lowest BCUT2D eigenvalue weighted by molar-refractivity contribution is 0.472. The Hall–Kier alpha value is -0.770. The van der Waals surface area contributed by atoms with Crippen molar-refractivity contribution in [2.45, 2.75) is 50.8 Å². The number of nitrogens with one attached hydrogen (secondary N) is 1. The highest BCUT2D eigenvalue weighted by Crippen LogP contribution is 2.30. The van der Waals surface area contributed by atoms with Crippen LogP contribution in [0, 0.1) is 6.92 Å². The molecule has 1 aromatic heterocycles. The molecule has 94 valence electrons. The summed E-state index contributed by atoms with van der Waals surface area (Å²) in [6.45, 7) is 4.25. The van der Waals surface area contributed by atoms with Gasteiger partial charge in [-0.1, -0.05) is 19.8 Å². The van der Waals surface area contributed by atoms with Gasteiger partial charge in [0.05, 0.1) is 0 Å². The second-order valence-corrected chi connectivity index (χ2v) is 6.13. The lowest BCUT2D eigenvalue weighted by Gasteiger charge is -2.31. The van der Waals surface area contributed by atoms with E-state index in [1.807, 2.05) is 19.3 Å². The third-order valence-corrected chi connectivity index (χ3v) is 4.50. The minimum Gasteiger partial charge on any atom is -0.350 e. The van der Waals surface area contributed by atoms with Crippen LogP contribution >= 0.6 is 11.8 Å². The SMILES string of the molecule is CCSC1CCCCC1Nc1ncc(C)cn1. The van der Waals surface area contributed by atoms with Crippen molar-refractivity contribution in [2.75, 3.05) is 11.1 Å². The molecule has 2 atom stereocenters. The van der Waals surface area contributed by atoms with Crippen LogP contribution in [0.4, 0.5) is 5.95 Å². The van der Waals surface area contributed by atoms with Crippen molar-refractivity contribution in [2.24, 2.45) is 0 Å². The number of nitrogens with zero attached hydrogens (tertiary/aromatic N) is 2. The summed E-state index contributed by atoms with van der Waals surface area (Å²) in [6, 6.07) is 0.538. The van der Waals surface area contributed by atoms with Gasteiger partial charge in [0.25, 0.3) is 0 Å². The molecule has 1 saturated carbocycles. The normalized spacial score (nSPS) is 24.6. The zero-order chi connectivity index (χ0) is 12.1. The minimum atomic E-state index is 0.538. The molecule has 0 saturated heterocycles. The smallest absolute Gasteiger partial charge is 0.222 e. The van der Waals surface area contributed by atoms with Gasteiger partial charge >= 0.3 is 0 Å². The molecule has 2 unspecified atom stereocenters. The van der Waals surface area contributed by atoms with E-state index in [1.54, 1.807) is 0 Å². The quantitative estimate of drug-likeness (QED) is 0.891. The molecule has 1 fully saturated rings. The average molecular weight is 251 g/mol. The maximum absolute atomic E-state index is 4.34. The predicted molar refractivity (Wildman–Crippen MR) is 74.6 cm³/mol. The molecule has 1 aliphatic rings. The second-order valence-electron chi connectivity index (χ2n) is 4.61. The Morgan fingerprint density at radius 2 is 2.00 bits per heavy atom. The number of thioether (sulfide) groups is 1. The highest BCUT2D eigenvalue weighted by atomic mass is 32.2. The number of rotatable bonds is 4. The molecule has 4 heteroatoms. The molecule has 0 aromatic carbocycles. The lowest BCUT2D eigenvalue weighted by Crippen LogP contribution is -2.35. The number of anilines is 1. The fourth-order valence-corrected chi connectivity index (χ4v) is 3.51. The maximum atomic E-state index is 4.34. The van der Waals surface area contributed by atoms with Gasteiger partial charge < -0.3 is 5.32 Å². The molecule has 1 aliphatic carbocycles. The van der Waals surface area contributed by atoms with Gasteiger partial charge in [0, 0.05) is 23.7 Å². The van der Waals surface area contributed by atoms with E-state index in [4.69, 9.17) is 0 Å². The summed E-state index contributed by atoms with van der Waals surface area (Å²) in [6.07, 6.45) is 9.01. The minimum absolute atomic E-state index is 0.538. The summed E-state index contributed by atoms with van der Waals surface area (Å²) in [4.78, 5) is 8.67. The monoisotopic (exact) mass is 251 g/mol. The first kappa shape index (κ1) is 12.7. The molecule has 0 radical (unpaired) electrons. The van der Waals surface area contributed by atoms with Gasteiger partial charge in [-0.15, -0.1) is 0 Å². The Labute approximate surface area is 108 Å². The largest absolute Gasteiger partial charge is 0.350 e. The first-order valence-electron chi connectivity index (χ1n) is 6.46. The van der Waals surface area contributed by atoms with Crippen molar-refractivity contribution >= 4 is 17.7 Å². The van der Waals surface area contributed by atoms with Crippen molar-refractivity contribution in [1.29, 1.82) is 0 Å². The van der Waals surface area contributed by atoms with E-state index in [9.17, 15) is 0 Å². The molecule has 0 amide bonds. The van der Waals surface area contributed by atoms with Crippen LogP contribution in [0.15, 0.2) is 12.4 Å². The summed E-state index contributed by atoms with van der Waals surface area (Å²) in [5.74, 6) is 1.97. The average Bonchev–Trinajstić information content (AvgIpc) is 2.35. The topological polar surface area (TPSA) is 37.8 Å². The zero-order valence-electron chi connectivity index (χ0n) is 10.6. The molecule has 1 heterocycles. The fraction of sp³-hybridized carbons (Fsp3) is 0.692. The summed E-state index contributed by atoms with van der Waals surface area (Å²) in [7, 11) is 0. The van der Waals surface area contributed by atoms with Gasteiger partial charge in [-0.25, -0.2) is 9.97 Å². The summed E-state index contributed by atoms with van der Waals surface area (Å²) in [5.41, 5.74) is 1.11. The molecule has 0 aliphatic heterocycles. The Bertz CT molecular complexity index is 337. The van der Waals surface area contributed by atoms with Crippen molar-refractivity contribution in [3.05, 3.63) is 18.0 Å². The number of hydrogen-bond acceptors (Lipinski definition) is 4. The third kappa shape index (κ3) is 3.60. The molecular formula is C13H21N3S. The molecule has 1 N–H and O–H groups in total. The molecule has 0 spiro atoms. The standard InChI is InChI=1S/C13H21N3S/c1-3-17-12-7-5-4-6-11(12)16-13-14-8-10(2)9-15-13/h8-9,11-12H,3-7H2,1-2H3,(H,14,15,16). The second kappa shape index (κ2) is 6.24. The van der Waals surface area contributed by atoms with E-state index in [0.29, 0.717) is 6.04 Å². The van der Waals surface area contributed by atoms with Crippen LogP contribution in [0.5, 0.6) is 0 Å². The van der Waals surface area contributed by atoms with Gasteiger partial charge in [0.1, 0.15) is 0 Å². The fourth-order valence-electron chi connectivity index (χ4n) is 2.31. The summed E-state index contributed by atoms with van der Waals surface area (Å²) in [5, 5.41) is 4.22. The summed E-state index contributed by atoms with van der Waals surface area (Å²) < 4.78 is 0. The van der Waals surface area contributed by atoms with E-state index < -0.39 is 0 Å². The van der Waals surface area contributed by atoms with Crippen LogP contribution in [0.1, 0.15) is 38.2 Å². The molecule has 2 rings (SSSR count). The molecule has 1 aromatic rings. The van der Waals surface area contributed by atoms with Gasteiger partial charge in [-0.3, -0.25) is 0 Å². The van der Waals surface area contributed by atoms with E-state index in [2.05, 4.69) is 34.0 Å². The third-order valence-electron chi connectivity index (χ3n) is 3.18. The predicted octanol–water partition coefficient (Wildman–Crippen LogP) is 3.26. The zero-order valence-corrected chi connectivity index (χ0v) is 11.5. The molecule has 17 heavy (non-hydrogen) atoms. The summed E-state index contributed by atoms with van der Waals surface area (Å²) >= 11 is 2.06. The van der Waals surface area contributed by atoms with Crippen LogP contribution in [-0.4, -0.2) is 27.0 Å². The number of hydrogen-bond donors (Lipinski definition) is 1. The van der Waals surface area contributed by atoms with Gasteiger partial charge in [-0.2, -0.15) is 11.8 Å². The van der Waals surface area contributed by atoms with Crippen LogP contribution in [0.25, 0.3) is 0 Å². The highest BCUT2D eigenvalue weighted by Gasteiger charge is 2.25. The highest BCUT2D eigenvalue weighted by molar-refractivity contribution is 7.99. The van der Waals surface area contributed by atoms with Crippen LogP contribution in [-0.2, 0) is 0 Å². The first-order chi connectivity index (χ1) is 8.29. The Morgan fingerprint density at radius 1 is 1.29 bits per heavy atom. The van der Waals surface area contributed by atoms with E-state index in [-0.39, 0.29) is 0 Å². The molecule has 0 bridgehead atoms. The Balaban J connectivity index is 1.97. The maximum Gasteiger partial charge on any atom is 0.222 e. The molecule has 3 nitrogen and oxygen atoms in total. The van der Waals surface area contributed by atoms with Crippen molar-refractivity contribution in [3.8, 4) is 0 Å². The van der Waals surface area contributed by atoms with Crippen LogP contribution in [0.2, 0.25) is 0 Å².